The minimum absolute atomic E-state index is 0.0358. The summed E-state index contributed by atoms with van der Waals surface area (Å²) in [6.45, 7) is 0.357. The Morgan fingerprint density at radius 3 is 2.76 bits per heavy atom. The number of hydrogen-bond acceptors (Lipinski definition) is 5. The average molecular weight is 310 g/mol. The summed E-state index contributed by atoms with van der Waals surface area (Å²) < 4.78 is 13.8. The first-order chi connectivity index (χ1) is 9.90. The third-order valence-corrected chi connectivity index (χ3v) is 3.63. The van der Waals surface area contributed by atoms with Crippen molar-refractivity contribution >= 4 is 28.7 Å². The smallest absolute Gasteiger partial charge is 0.338 e. The van der Waals surface area contributed by atoms with Gasteiger partial charge in [-0.2, -0.15) is 11.3 Å². The number of carboxylic acid groups (broad SMARTS) is 1. The standard InChI is InChI=1S/C13H11FN2O4S/c1-15(6-8-2-3-21-7-8)11-5-10(14)9(13(17)18)4-12(11)16(19)20/h2-5,7H,6H2,1H3,(H,17,18). The van der Waals surface area contributed by atoms with E-state index in [1.54, 1.807) is 7.05 Å². The summed E-state index contributed by atoms with van der Waals surface area (Å²) in [6, 6.07) is 3.49. The lowest BCUT2D eigenvalue weighted by molar-refractivity contribution is -0.384. The van der Waals surface area contributed by atoms with Crippen LogP contribution in [-0.2, 0) is 6.54 Å². The monoisotopic (exact) mass is 310 g/mol. The van der Waals surface area contributed by atoms with E-state index in [1.165, 1.54) is 16.2 Å². The van der Waals surface area contributed by atoms with Crippen LogP contribution in [0.15, 0.2) is 29.0 Å². The van der Waals surface area contributed by atoms with Gasteiger partial charge in [-0.05, 0) is 22.4 Å². The Labute approximate surface area is 123 Å². The Bertz CT molecular complexity index is 688. The van der Waals surface area contributed by atoms with Crippen molar-refractivity contribution < 1.29 is 19.2 Å². The van der Waals surface area contributed by atoms with E-state index in [9.17, 15) is 19.3 Å². The van der Waals surface area contributed by atoms with E-state index in [4.69, 9.17) is 5.11 Å². The molecule has 21 heavy (non-hydrogen) atoms. The molecular weight excluding hydrogens is 299 g/mol. The highest BCUT2D eigenvalue weighted by atomic mass is 32.1. The average Bonchev–Trinajstić information content (AvgIpc) is 2.90. The number of halogens is 1. The normalized spacial score (nSPS) is 10.4. The molecule has 0 spiro atoms. The molecular formula is C13H11FN2O4S. The van der Waals surface area contributed by atoms with Gasteiger partial charge in [0.05, 0.1) is 4.92 Å². The molecule has 6 nitrogen and oxygen atoms in total. The minimum Gasteiger partial charge on any atom is -0.478 e. The molecule has 1 aromatic heterocycles. The van der Waals surface area contributed by atoms with Crippen LogP contribution in [0.25, 0.3) is 0 Å². The molecule has 0 fully saturated rings. The van der Waals surface area contributed by atoms with Crippen molar-refractivity contribution in [2.75, 3.05) is 11.9 Å². The van der Waals surface area contributed by atoms with Crippen LogP contribution in [0.2, 0.25) is 0 Å². The van der Waals surface area contributed by atoms with E-state index in [0.717, 1.165) is 17.7 Å². The maximum Gasteiger partial charge on any atom is 0.338 e. The lowest BCUT2D eigenvalue weighted by Gasteiger charge is -2.19. The SMILES string of the molecule is CN(Cc1ccsc1)c1cc(F)c(C(=O)O)cc1[N+](=O)[O-]. The van der Waals surface area contributed by atoms with E-state index < -0.39 is 28.0 Å². The topological polar surface area (TPSA) is 83.7 Å². The molecule has 0 aliphatic heterocycles. The maximum atomic E-state index is 13.8. The van der Waals surface area contributed by atoms with Gasteiger partial charge in [-0.25, -0.2) is 9.18 Å². The van der Waals surface area contributed by atoms with Crippen LogP contribution in [0.3, 0.4) is 0 Å². The number of anilines is 1. The molecule has 0 radical (unpaired) electrons. The fourth-order valence-corrected chi connectivity index (χ4v) is 2.57. The highest BCUT2D eigenvalue weighted by Gasteiger charge is 2.24. The molecule has 0 saturated heterocycles. The first kappa shape index (κ1) is 14.9. The Hall–Kier alpha value is -2.48. The number of carboxylic acids is 1. The van der Waals surface area contributed by atoms with E-state index in [1.807, 2.05) is 16.8 Å². The number of hydrogen-bond donors (Lipinski definition) is 1. The zero-order chi connectivity index (χ0) is 15.6. The molecule has 0 bridgehead atoms. The van der Waals surface area contributed by atoms with Gasteiger partial charge in [0.2, 0.25) is 0 Å². The number of rotatable bonds is 5. The Balaban J connectivity index is 2.44. The second-order valence-electron chi connectivity index (χ2n) is 4.37. The molecule has 0 saturated carbocycles. The van der Waals surface area contributed by atoms with Crippen LogP contribution in [0.5, 0.6) is 0 Å². The highest BCUT2D eigenvalue weighted by molar-refractivity contribution is 7.07. The fourth-order valence-electron chi connectivity index (χ4n) is 1.91. The molecule has 2 rings (SSSR count). The van der Waals surface area contributed by atoms with Gasteiger partial charge in [-0.3, -0.25) is 10.1 Å². The largest absolute Gasteiger partial charge is 0.478 e. The highest BCUT2D eigenvalue weighted by Crippen LogP contribution is 2.31. The Morgan fingerprint density at radius 1 is 1.52 bits per heavy atom. The van der Waals surface area contributed by atoms with Gasteiger partial charge in [-0.15, -0.1) is 0 Å². The Morgan fingerprint density at radius 2 is 2.24 bits per heavy atom. The summed E-state index contributed by atoms with van der Waals surface area (Å²) in [6.07, 6.45) is 0. The van der Waals surface area contributed by atoms with Gasteiger partial charge < -0.3 is 10.0 Å². The summed E-state index contributed by atoms with van der Waals surface area (Å²) in [5, 5.41) is 23.7. The molecule has 8 heteroatoms. The molecule has 2 aromatic rings. The summed E-state index contributed by atoms with van der Waals surface area (Å²) in [4.78, 5) is 22.7. The second kappa shape index (κ2) is 5.88. The van der Waals surface area contributed by atoms with Crippen molar-refractivity contribution in [1.29, 1.82) is 0 Å². The summed E-state index contributed by atoms with van der Waals surface area (Å²) in [5.74, 6) is -2.54. The summed E-state index contributed by atoms with van der Waals surface area (Å²) >= 11 is 1.48. The van der Waals surface area contributed by atoms with Gasteiger partial charge in [-0.1, -0.05) is 0 Å². The summed E-state index contributed by atoms with van der Waals surface area (Å²) in [5.41, 5.74) is -0.186. The number of nitro groups is 1. The van der Waals surface area contributed by atoms with Crippen molar-refractivity contribution in [3.05, 3.63) is 56.0 Å². The molecule has 1 heterocycles. The van der Waals surface area contributed by atoms with Crippen molar-refractivity contribution in [2.24, 2.45) is 0 Å². The lowest BCUT2D eigenvalue weighted by Crippen LogP contribution is -2.18. The van der Waals surface area contributed by atoms with Gasteiger partial charge in [0.25, 0.3) is 5.69 Å². The van der Waals surface area contributed by atoms with Crippen molar-refractivity contribution in [3.8, 4) is 0 Å². The third-order valence-electron chi connectivity index (χ3n) is 2.90. The molecule has 110 valence electrons. The third kappa shape index (κ3) is 3.16. The number of thiophene rings is 1. The molecule has 1 N–H and O–H groups in total. The fraction of sp³-hybridized carbons (Fsp3) is 0.154. The number of benzene rings is 1. The van der Waals surface area contributed by atoms with Crippen LogP contribution < -0.4 is 4.90 Å². The molecule has 0 aliphatic carbocycles. The number of carbonyl (C=O) groups is 1. The van der Waals surface area contributed by atoms with E-state index >= 15 is 0 Å². The van der Waals surface area contributed by atoms with Crippen LogP contribution >= 0.6 is 11.3 Å². The van der Waals surface area contributed by atoms with E-state index in [0.29, 0.717) is 6.54 Å². The predicted molar refractivity (Wildman–Crippen MR) is 76.4 cm³/mol. The predicted octanol–water partition coefficient (Wildman–Crippen LogP) is 3.13. The second-order valence-corrected chi connectivity index (χ2v) is 5.15. The lowest BCUT2D eigenvalue weighted by atomic mass is 10.1. The van der Waals surface area contributed by atoms with E-state index in [2.05, 4.69) is 0 Å². The maximum absolute atomic E-state index is 13.8. The quantitative estimate of drug-likeness (QED) is 0.677. The number of nitrogens with zero attached hydrogens (tertiary/aromatic N) is 2. The van der Waals surface area contributed by atoms with Crippen molar-refractivity contribution in [1.82, 2.24) is 0 Å². The zero-order valence-electron chi connectivity index (χ0n) is 10.9. The number of aromatic carboxylic acids is 1. The van der Waals surface area contributed by atoms with Crippen LogP contribution in [0.1, 0.15) is 15.9 Å². The van der Waals surface area contributed by atoms with Gasteiger partial charge in [0.15, 0.2) is 0 Å². The van der Waals surface area contributed by atoms with Gasteiger partial charge in [0.1, 0.15) is 17.1 Å². The molecule has 1 aromatic carbocycles. The Kier molecular flexibility index (Phi) is 4.18. The molecule has 0 unspecified atom stereocenters. The minimum atomic E-state index is -1.54. The summed E-state index contributed by atoms with van der Waals surface area (Å²) in [7, 11) is 1.58. The molecule has 0 amide bonds. The van der Waals surface area contributed by atoms with Crippen molar-refractivity contribution in [2.45, 2.75) is 6.54 Å². The molecule has 0 aliphatic rings. The van der Waals surface area contributed by atoms with Gasteiger partial charge >= 0.3 is 5.97 Å². The first-order valence-corrected chi connectivity index (χ1v) is 6.78. The zero-order valence-corrected chi connectivity index (χ0v) is 11.8. The number of nitro benzene ring substituents is 1. The molecule has 0 atom stereocenters. The van der Waals surface area contributed by atoms with Gasteiger partial charge in [0, 0.05) is 25.7 Å². The van der Waals surface area contributed by atoms with E-state index in [-0.39, 0.29) is 5.69 Å². The van der Waals surface area contributed by atoms with Crippen molar-refractivity contribution in [3.63, 3.8) is 0 Å². The van der Waals surface area contributed by atoms with Crippen LogP contribution in [0, 0.1) is 15.9 Å². The first-order valence-electron chi connectivity index (χ1n) is 5.83. The van der Waals surface area contributed by atoms with Crippen LogP contribution in [0.4, 0.5) is 15.8 Å². The van der Waals surface area contributed by atoms with Crippen LogP contribution in [-0.4, -0.2) is 23.0 Å².